The lowest BCUT2D eigenvalue weighted by molar-refractivity contribution is -0.154. The Balaban J connectivity index is 0.893. The highest BCUT2D eigenvalue weighted by Crippen LogP contribution is 2.39. The van der Waals surface area contributed by atoms with Gasteiger partial charge in [0.05, 0.1) is 52.3 Å². The maximum absolute atomic E-state index is 13.8. The molecule has 0 bridgehead atoms. The molecule has 2 saturated carbocycles. The summed E-state index contributed by atoms with van der Waals surface area (Å²) in [6, 6.07) is 24.8. The molecule has 5 aromatic rings. The van der Waals surface area contributed by atoms with E-state index in [9.17, 15) is 38.8 Å². The van der Waals surface area contributed by atoms with Gasteiger partial charge < -0.3 is 42.6 Å². The third kappa shape index (κ3) is 18.6. The van der Waals surface area contributed by atoms with Gasteiger partial charge in [-0.3, -0.25) is 19.2 Å². The van der Waals surface area contributed by atoms with Gasteiger partial charge in [-0.25, -0.2) is 19.4 Å². The number of nitrogens with zero attached hydrogens (tertiary/aromatic N) is 4. The van der Waals surface area contributed by atoms with Gasteiger partial charge in [-0.05, 0) is 149 Å². The Morgan fingerprint density at radius 3 is 1.59 bits per heavy atom. The number of aromatic nitrogens is 1. The Bertz CT molecular complexity index is 3210. The van der Waals surface area contributed by atoms with Gasteiger partial charge in [0, 0.05) is 24.6 Å². The van der Waals surface area contributed by atoms with E-state index in [1.54, 1.807) is 91.0 Å². The van der Waals surface area contributed by atoms with E-state index < -0.39 is 71.7 Å². The fourth-order valence-corrected chi connectivity index (χ4v) is 9.94. The normalized spacial score (nSPS) is 17.2. The molecule has 0 N–H and O–H groups in total. The summed E-state index contributed by atoms with van der Waals surface area (Å²) in [7, 11) is 0. The second-order valence-electron chi connectivity index (χ2n) is 19.3. The molecule has 0 aliphatic heterocycles. The molecule has 4 aromatic carbocycles. The van der Waals surface area contributed by atoms with Crippen LogP contribution in [0.15, 0.2) is 146 Å². The topological polar surface area (TPSA) is 264 Å². The molecule has 2 unspecified atom stereocenters. The average molecular weight is 1150 g/mol. The fraction of sp³-hybridized carbons (Fsp3) is 0.339. The Morgan fingerprint density at radius 1 is 0.578 bits per heavy atom. The molecule has 1 aromatic heterocycles. The smallest absolute Gasteiger partial charge is 0.330 e. The van der Waals surface area contributed by atoms with Crippen molar-refractivity contribution in [3.05, 3.63) is 147 Å². The summed E-state index contributed by atoms with van der Waals surface area (Å²) in [4.78, 5) is 93.2. The molecule has 432 valence electrons. The molecule has 7 rings (SSSR count). The van der Waals surface area contributed by atoms with Crippen molar-refractivity contribution >= 4 is 74.2 Å². The summed E-state index contributed by atoms with van der Waals surface area (Å²) in [5.41, 5.74) is 2.09. The first-order valence-electron chi connectivity index (χ1n) is 26.9. The van der Waals surface area contributed by atoms with Crippen LogP contribution in [0.5, 0.6) is 28.7 Å². The number of nitriles is 1. The van der Waals surface area contributed by atoms with Crippen LogP contribution in [-0.4, -0.2) is 85.4 Å². The number of allylic oxidation sites excluding steroid dienone is 1. The number of azo groups is 1. The molecule has 2 aliphatic rings. The van der Waals surface area contributed by atoms with Crippen LogP contribution in [-0.2, 0) is 58.9 Å². The van der Waals surface area contributed by atoms with Gasteiger partial charge in [0.25, 0.3) is 0 Å². The van der Waals surface area contributed by atoms with Crippen molar-refractivity contribution in [3.63, 3.8) is 0 Å². The number of fused-ring (bicyclic) bond motifs is 1. The number of hydrogen-bond acceptors (Lipinski definition) is 21. The highest BCUT2D eigenvalue weighted by atomic mass is 32.1. The number of hydrogen-bond donors (Lipinski definition) is 0. The molecule has 21 heteroatoms. The second kappa shape index (κ2) is 31.1. The van der Waals surface area contributed by atoms with Crippen molar-refractivity contribution in [2.45, 2.75) is 82.8 Å². The minimum atomic E-state index is -0.926. The number of ether oxygens (including phenoxy) is 9. The molecular weight excluding hydrogens is 1090 g/mol. The van der Waals surface area contributed by atoms with E-state index in [-0.39, 0.29) is 49.0 Å². The lowest BCUT2D eigenvalue weighted by atomic mass is 9.82. The molecule has 0 radical (unpaired) electrons. The van der Waals surface area contributed by atoms with Crippen LogP contribution in [0.3, 0.4) is 0 Å². The molecule has 0 saturated heterocycles. The summed E-state index contributed by atoms with van der Waals surface area (Å²) >= 11 is 1.22. The first-order chi connectivity index (χ1) is 40.2. The fourth-order valence-electron chi connectivity index (χ4n) is 8.99. The Morgan fingerprint density at radius 2 is 1.07 bits per heavy atom. The average Bonchev–Trinajstić information content (AvgIpc) is 4.10. The highest BCUT2D eigenvalue weighted by molar-refractivity contribution is 7.22. The van der Waals surface area contributed by atoms with Crippen LogP contribution in [0, 0.1) is 35.0 Å². The van der Waals surface area contributed by atoms with Gasteiger partial charge >= 0.3 is 41.8 Å². The van der Waals surface area contributed by atoms with E-state index in [1.807, 2.05) is 0 Å². The SMILES string of the molecule is C=CCCC(COc1ccc(OC(=O)C2CCC(C(=O)OCCc3ccc(OC(=O)C4CCC(C(=O)Oc5ccc(OCC(COC(=O)C=C)OC(=O)C=C)cc5)CC4)c4nc(N=Nc5ccc(C#N)cc5)sc34)CC2)cc1)OC(=O)C=C. The summed E-state index contributed by atoms with van der Waals surface area (Å²) in [5.74, 6) is -3.73. The van der Waals surface area contributed by atoms with Gasteiger partial charge in [-0.1, -0.05) is 43.2 Å². The summed E-state index contributed by atoms with van der Waals surface area (Å²) in [6.07, 6.45) is 8.12. The third-order valence-electron chi connectivity index (χ3n) is 13.6. The van der Waals surface area contributed by atoms with Crippen molar-refractivity contribution in [3.8, 4) is 34.8 Å². The minimum absolute atomic E-state index is 0.0462. The van der Waals surface area contributed by atoms with Gasteiger partial charge in [0.1, 0.15) is 54.4 Å². The molecule has 2 aliphatic carbocycles. The Kier molecular flexibility index (Phi) is 23.0. The van der Waals surface area contributed by atoms with Crippen molar-refractivity contribution in [1.82, 2.24) is 4.98 Å². The maximum Gasteiger partial charge on any atom is 0.330 e. The van der Waals surface area contributed by atoms with Gasteiger partial charge in [0.15, 0.2) is 11.9 Å². The van der Waals surface area contributed by atoms with E-state index in [4.69, 9.17) is 47.6 Å². The zero-order chi connectivity index (χ0) is 59.1. The zero-order valence-corrected chi connectivity index (χ0v) is 46.3. The van der Waals surface area contributed by atoms with Crippen LogP contribution in [0.1, 0.15) is 75.3 Å². The number of benzene rings is 4. The van der Waals surface area contributed by atoms with E-state index in [1.165, 1.54) is 11.3 Å². The van der Waals surface area contributed by atoms with Crippen LogP contribution < -0.4 is 23.7 Å². The molecule has 2 atom stereocenters. The van der Waals surface area contributed by atoms with Crippen molar-refractivity contribution in [1.29, 1.82) is 5.26 Å². The molecule has 0 amide bonds. The van der Waals surface area contributed by atoms with Gasteiger partial charge in [0.2, 0.25) is 5.13 Å². The van der Waals surface area contributed by atoms with Crippen LogP contribution in [0.25, 0.3) is 10.2 Å². The lowest BCUT2D eigenvalue weighted by Gasteiger charge is -2.26. The molecular formula is C62H62N4O16S. The standard InChI is InChI=1S/C62H62N4O16S/c1-5-9-10-50(78-54(68)7-3)36-75-46-24-28-48(29-25-46)80-59(71)42-15-13-41(14-16-42)58(70)74-34-33-40-21-32-52(56-57(40)83-62(64-56)66-65-45-22-11-39(35-63)12-23-45)82-61(73)44-19-17-43(18-20-44)60(72)81-49-30-26-47(27-31-49)76-37-51(79-55(69)8-4)38-77-53(67)6-2/h5-8,11-12,21-32,41-44,50-51H,1-4,9-10,13-20,33-34,36-38H2. The molecule has 0 spiro atoms. The molecule has 2 fully saturated rings. The number of carbonyl (C=O) groups is 7. The van der Waals surface area contributed by atoms with Crippen LogP contribution in [0.4, 0.5) is 10.8 Å². The predicted molar refractivity (Wildman–Crippen MR) is 302 cm³/mol. The lowest BCUT2D eigenvalue weighted by Crippen LogP contribution is -2.30. The van der Waals surface area contributed by atoms with Crippen molar-refractivity contribution < 1.29 is 76.2 Å². The first-order valence-corrected chi connectivity index (χ1v) is 27.7. The number of esters is 7. The summed E-state index contributed by atoms with van der Waals surface area (Å²) < 4.78 is 50.8. The number of carbonyl (C=O) groups excluding carboxylic acids is 7. The van der Waals surface area contributed by atoms with E-state index in [0.29, 0.717) is 109 Å². The second-order valence-corrected chi connectivity index (χ2v) is 20.3. The van der Waals surface area contributed by atoms with Crippen LogP contribution in [0.2, 0.25) is 0 Å². The van der Waals surface area contributed by atoms with Crippen molar-refractivity contribution in [2.75, 3.05) is 26.4 Å². The summed E-state index contributed by atoms with van der Waals surface area (Å²) in [6.45, 7) is 13.6. The Labute approximate surface area is 483 Å². The van der Waals surface area contributed by atoms with Gasteiger partial charge in [-0.15, -0.1) is 16.8 Å². The largest absolute Gasteiger partial charge is 0.490 e. The van der Waals surface area contributed by atoms with Crippen LogP contribution >= 0.6 is 11.3 Å². The third-order valence-corrected chi connectivity index (χ3v) is 14.6. The zero-order valence-electron chi connectivity index (χ0n) is 45.5. The van der Waals surface area contributed by atoms with Gasteiger partial charge in [-0.2, -0.15) is 5.26 Å². The predicted octanol–water partition coefficient (Wildman–Crippen LogP) is 11.0. The van der Waals surface area contributed by atoms with Crippen molar-refractivity contribution in [2.24, 2.45) is 33.9 Å². The first kappa shape index (κ1) is 61.3. The molecule has 83 heavy (non-hydrogen) atoms. The molecule has 20 nitrogen and oxygen atoms in total. The van der Waals surface area contributed by atoms with E-state index in [2.05, 4.69) is 42.6 Å². The van der Waals surface area contributed by atoms with E-state index >= 15 is 0 Å². The van der Waals surface area contributed by atoms with E-state index in [0.717, 1.165) is 23.8 Å². The molecule has 1 heterocycles. The monoisotopic (exact) mass is 1150 g/mol. The quantitative estimate of drug-likeness (QED) is 0.0112. The maximum atomic E-state index is 13.8. The summed E-state index contributed by atoms with van der Waals surface area (Å²) in [5, 5.41) is 18.1. The Hall–Kier alpha value is -9.29. The number of thiazole rings is 1. The number of rotatable bonds is 28. The highest BCUT2D eigenvalue weighted by Gasteiger charge is 2.34. The minimum Gasteiger partial charge on any atom is -0.490 e.